The molecule has 0 saturated carbocycles. The van der Waals surface area contributed by atoms with E-state index >= 15 is 0 Å². The monoisotopic (exact) mass is 945 g/mol. The van der Waals surface area contributed by atoms with Gasteiger partial charge in [0, 0.05) is 77.0 Å². The van der Waals surface area contributed by atoms with Gasteiger partial charge in [-0.3, -0.25) is 24.4 Å². The van der Waals surface area contributed by atoms with Gasteiger partial charge in [-0.15, -0.1) is 0 Å². The van der Waals surface area contributed by atoms with Crippen LogP contribution in [0.4, 0.5) is 17.6 Å². The van der Waals surface area contributed by atoms with Crippen molar-refractivity contribution in [3.05, 3.63) is 140 Å². The molecule has 6 aromatic rings. The topological polar surface area (TPSA) is 153 Å². The number of aromatic amines is 2. The molecule has 2 aromatic carbocycles. The summed E-state index contributed by atoms with van der Waals surface area (Å²) in [4.78, 5) is 70.9. The highest BCUT2D eigenvalue weighted by molar-refractivity contribution is 6.31. The maximum atomic E-state index is 13.8. The Kier molecular flexibility index (Phi) is 13.0. The van der Waals surface area contributed by atoms with Crippen molar-refractivity contribution in [3.8, 4) is 0 Å². The third kappa shape index (κ3) is 9.43. The maximum Gasteiger partial charge on any atom is 0.342 e. The number of hydrogen-bond acceptors (Lipinski definition) is 7. The van der Waals surface area contributed by atoms with Crippen LogP contribution in [-0.4, -0.2) is 78.7 Å². The fraction of sp³-hybridized carbons (Fsp3) is 0.292. The number of H-pyrrole nitrogens is 2. The summed E-state index contributed by atoms with van der Waals surface area (Å²) in [6, 6.07) is 9.22. The van der Waals surface area contributed by atoms with E-state index in [1.807, 2.05) is 41.5 Å². The van der Waals surface area contributed by atoms with Crippen LogP contribution < -0.4 is 5.32 Å². The van der Waals surface area contributed by atoms with Crippen LogP contribution in [0.5, 0.6) is 0 Å². The van der Waals surface area contributed by atoms with Gasteiger partial charge in [-0.05, 0) is 76.2 Å². The molecule has 66 heavy (non-hydrogen) atoms. The largest absolute Gasteiger partial charge is 0.459 e. The minimum atomic E-state index is -1.13. The van der Waals surface area contributed by atoms with Crippen molar-refractivity contribution in [1.82, 2.24) is 35.1 Å². The minimum Gasteiger partial charge on any atom is -0.459 e. The number of benzene rings is 2. The van der Waals surface area contributed by atoms with Gasteiger partial charge in [0.1, 0.15) is 0 Å². The molecule has 8 rings (SSSR count). The van der Waals surface area contributed by atoms with E-state index < -0.39 is 58.0 Å². The Morgan fingerprint density at radius 2 is 1.09 bits per heavy atom. The van der Waals surface area contributed by atoms with Gasteiger partial charge in [0.15, 0.2) is 23.3 Å². The van der Waals surface area contributed by atoms with E-state index in [0.29, 0.717) is 43.5 Å². The Hall–Kier alpha value is -6.52. The van der Waals surface area contributed by atoms with Crippen LogP contribution in [0.1, 0.15) is 98.6 Å². The lowest BCUT2D eigenvalue weighted by Crippen LogP contribution is -2.37. The van der Waals surface area contributed by atoms with Gasteiger partial charge in [-0.2, -0.15) is 0 Å². The zero-order valence-corrected chi connectivity index (χ0v) is 38.6. The number of aromatic nitrogens is 4. The molecule has 0 atom stereocenters. The van der Waals surface area contributed by atoms with Gasteiger partial charge >= 0.3 is 5.97 Å². The van der Waals surface area contributed by atoms with Crippen LogP contribution in [0.3, 0.4) is 0 Å². The number of halogens is 6. The lowest BCUT2D eigenvalue weighted by atomic mass is 9.82. The fourth-order valence-corrected chi connectivity index (χ4v) is 8.47. The van der Waals surface area contributed by atoms with E-state index in [1.165, 1.54) is 46.7 Å². The molecule has 3 amide bonds. The average Bonchev–Trinajstić information content (AvgIpc) is 3.74. The number of ether oxygens (including phenoxy) is 1. The molecular weight excluding hydrogens is 901 g/mol. The molecule has 2 aliphatic rings. The van der Waals surface area contributed by atoms with Crippen molar-refractivity contribution in [2.24, 2.45) is 0 Å². The summed E-state index contributed by atoms with van der Waals surface area (Å²) >= 11 is 12.2. The maximum absolute atomic E-state index is 13.8. The molecule has 0 unspecified atom stereocenters. The predicted octanol–water partition coefficient (Wildman–Crippen LogP) is 10.0. The number of carbonyl (C=O) groups is 4. The fourth-order valence-electron chi connectivity index (χ4n) is 8.16. The van der Waals surface area contributed by atoms with Gasteiger partial charge in [0.2, 0.25) is 0 Å². The molecule has 0 bridgehead atoms. The van der Waals surface area contributed by atoms with Gasteiger partial charge in [-0.25, -0.2) is 22.4 Å². The molecule has 0 aliphatic carbocycles. The number of fused-ring (bicyclic) bond motifs is 6. The van der Waals surface area contributed by atoms with E-state index in [2.05, 4.69) is 25.3 Å². The Labute approximate surface area is 387 Å². The zero-order valence-electron chi connectivity index (χ0n) is 37.1. The molecular formula is C48H45Cl2F4N7O5. The first-order valence-corrected chi connectivity index (χ1v) is 21.5. The number of nitrogens with one attached hydrogen (secondary N) is 3. The smallest absolute Gasteiger partial charge is 0.342 e. The molecule has 2 aliphatic heterocycles. The van der Waals surface area contributed by atoms with Gasteiger partial charge < -0.3 is 29.8 Å². The summed E-state index contributed by atoms with van der Waals surface area (Å²) in [5, 5.41) is 3.74. The number of esters is 1. The number of pyridine rings is 2. The number of nitrogens with zero attached hydrogens (tertiary/aromatic N) is 4. The highest BCUT2D eigenvalue weighted by Crippen LogP contribution is 2.42. The van der Waals surface area contributed by atoms with Crippen LogP contribution in [0.15, 0.2) is 73.3 Å². The summed E-state index contributed by atoms with van der Waals surface area (Å²) in [6.07, 6.45) is 5.48. The quantitative estimate of drug-likeness (QED) is 0.111. The first kappa shape index (κ1) is 47.4. The van der Waals surface area contributed by atoms with Gasteiger partial charge in [-0.1, -0.05) is 50.9 Å². The molecule has 0 saturated heterocycles. The third-order valence-electron chi connectivity index (χ3n) is 10.9. The van der Waals surface area contributed by atoms with Crippen LogP contribution in [-0.2, 0) is 25.2 Å². The average molecular weight is 947 g/mol. The Morgan fingerprint density at radius 1 is 0.667 bits per heavy atom. The van der Waals surface area contributed by atoms with E-state index in [1.54, 1.807) is 26.0 Å². The summed E-state index contributed by atoms with van der Waals surface area (Å²) in [6.45, 7) is 15.1. The van der Waals surface area contributed by atoms with Crippen LogP contribution in [0, 0.1) is 23.3 Å². The van der Waals surface area contributed by atoms with Crippen molar-refractivity contribution in [3.63, 3.8) is 0 Å². The number of amides is 3. The second-order valence-corrected chi connectivity index (χ2v) is 18.8. The van der Waals surface area contributed by atoms with E-state index in [4.69, 9.17) is 27.9 Å². The second-order valence-electron chi connectivity index (χ2n) is 17.9. The normalized spacial score (nSPS) is 15.3. The van der Waals surface area contributed by atoms with E-state index in [-0.39, 0.29) is 47.3 Å². The molecule has 12 nitrogen and oxygen atoms in total. The summed E-state index contributed by atoms with van der Waals surface area (Å²) in [7, 11) is 0. The van der Waals surface area contributed by atoms with Crippen LogP contribution in [0.2, 0.25) is 10.0 Å². The van der Waals surface area contributed by atoms with Gasteiger partial charge in [0.05, 0.1) is 60.8 Å². The molecule has 4 aromatic heterocycles. The lowest BCUT2D eigenvalue weighted by Gasteiger charge is -2.29. The Bertz CT molecular complexity index is 2830. The molecule has 0 spiro atoms. The molecule has 0 fully saturated rings. The predicted molar refractivity (Wildman–Crippen MR) is 244 cm³/mol. The standard InChI is InChI=1S/C24H23ClF2N4O2.C24H22ClF2N3O3/c1-12(2)29-22(32)15-10-31(23(33)13-5-6-16(26)17(27)7-13)11-24(3,4)19-20(15)30-18-8-14(25)9-28-21(18)19;1-12(2)33-23(32)15-10-30(22(31)13-5-6-16(26)17(27)7-13)11-24(3,4)19-20(15)29-18-8-14(25)9-28-21(18)19/h5-10,12,30H,11H2,1-4H3,(H,29,32);5-10,12,29H,11H2,1-4H3. The molecule has 3 N–H and O–H groups in total. The number of carbonyl (C=O) groups excluding carboxylic acids is 4. The first-order valence-electron chi connectivity index (χ1n) is 20.8. The van der Waals surface area contributed by atoms with Gasteiger partial charge in [0.25, 0.3) is 17.7 Å². The van der Waals surface area contributed by atoms with E-state index in [9.17, 15) is 36.7 Å². The van der Waals surface area contributed by atoms with Crippen molar-refractivity contribution >= 4 is 80.1 Å². The van der Waals surface area contributed by atoms with Crippen molar-refractivity contribution in [2.45, 2.75) is 78.4 Å². The summed E-state index contributed by atoms with van der Waals surface area (Å²) in [5.41, 5.74) is 4.01. The number of hydrogen-bond donors (Lipinski definition) is 3. The highest BCUT2D eigenvalue weighted by atomic mass is 35.5. The van der Waals surface area contributed by atoms with Crippen molar-refractivity contribution in [1.29, 1.82) is 0 Å². The summed E-state index contributed by atoms with van der Waals surface area (Å²) < 4.78 is 59.9. The highest BCUT2D eigenvalue weighted by Gasteiger charge is 2.40. The second kappa shape index (κ2) is 18.0. The SMILES string of the molecule is CC(C)NC(=O)C1=CN(C(=O)c2ccc(F)c(F)c2)CC(C)(C)c2c1[nH]c1cc(Cl)cnc21.CC(C)OC(=O)C1=CN(C(=O)c2ccc(F)c(F)c2)CC(C)(C)c2c1[nH]c1cc(Cl)cnc21. The summed E-state index contributed by atoms with van der Waals surface area (Å²) in [5.74, 6) is -6.49. The Balaban J connectivity index is 0.000000196. The molecule has 18 heteroatoms. The zero-order chi connectivity index (χ0) is 48.2. The molecule has 6 heterocycles. The molecule has 0 radical (unpaired) electrons. The third-order valence-corrected chi connectivity index (χ3v) is 11.3. The first-order chi connectivity index (χ1) is 30.9. The minimum absolute atomic E-state index is 0.0232. The van der Waals surface area contributed by atoms with Crippen LogP contribution in [0.25, 0.3) is 33.2 Å². The Morgan fingerprint density at radius 3 is 1.50 bits per heavy atom. The van der Waals surface area contributed by atoms with E-state index in [0.717, 1.165) is 35.4 Å². The number of rotatable bonds is 6. The van der Waals surface area contributed by atoms with Crippen LogP contribution >= 0.6 is 23.2 Å². The van der Waals surface area contributed by atoms with Crippen molar-refractivity contribution < 1.29 is 41.5 Å². The van der Waals surface area contributed by atoms with Crippen molar-refractivity contribution in [2.75, 3.05) is 13.1 Å². The lowest BCUT2D eigenvalue weighted by molar-refractivity contribution is -0.140. The molecule has 344 valence electrons.